The number of phenolic OH excluding ortho intramolecular Hbond substituents is 2. The number of carbonyl (C=O) groups is 1. The van der Waals surface area contributed by atoms with Gasteiger partial charge in [0.05, 0.1) is 35.4 Å². The van der Waals surface area contributed by atoms with Gasteiger partial charge in [0.15, 0.2) is 0 Å². The number of aryl methyl sites for hydroxylation is 2. The van der Waals surface area contributed by atoms with Gasteiger partial charge < -0.3 is 21.3 Å². The molecule has 0 saturated heterocycles. The van der Waals surface area contributed by atoms with Gasteiger partial charge in [-0.05, 0) is 85.6 Å². The number of para-hydroxylation sites is 1. The number of pyridine rings is 4. The molecule has 0 bridgehead atoms. The number of nitrogens with one attached hydrogen (secondary N) is 1. The van der Waals surface area contributed by atoms with E-state index in [1.807, 2.05) is 67.6 Å². The van der Waals surface area contributed by atoms with Gasteiger partial charge >= 0.3 is 6.18 Å². The number of hydrogen-bond donors (Lipinski definition) is 4. The number of aromatic hydroxyl groups is 2. The number of alkyl halides is 3. The number of phenols is 2. The Hall–Kier alpha value is -7.55. The van der Waals surface area contributed by atoms with Crippen LogP contribution in [0.15, 0.2) is 140 Å². The molecule has 8 aromatic rings. The van der Waals surface area contributed by atoms with Crippen LogP contribution >= 0.6 is 0 Å². The van der Waals surface area contributed by atoms with E-state index < -0.39 is 29.5 Å². The van der Waals surface area contributed by atoms with Crippen molar-refractivity contribution in [3.05, 3.63) is 191 Å². The van der Waals surface area contributed by atoms with Gasteiger partial charge in [-0.25, -0.2) is 13.8 Å². The summed E-state index contributed by atoms with van der Waals surface area (Å²) >= 11 is 0. The summed E-state index contributed by atoms with van der Waals surface area (Å²) in [5.74, 6) is -1.90. The number of halogens is 6. The lowest BCUT2D eigenvalue weighted by Crippen LogP contribution is -2.13. The summed E-state index contributed by atoms with van der Waals surface area (Å²) < 4.78 is 74.7. The molecular formula is C45H36F6N6O3. The minimum Gasteiger partial charge on any atom is -0.506 e. The summed E-state index contributed by atoms with van der Waals surface area (Å²) in [5.41, 5.74) is 8.95. The van der Waals surface area contributed by atoms with Crippen LogP contribution in [0.3, 0.4) is 0 Å². The van der Waals surface area contributed by atoms with Gasteiger partial charge in [-0.1, -0.05) is 54.6 Å². The minimum absolute atomic E-state index is 0.0802. The summed E-state index contributed by atoms with van der Waals surface area (Å²) in [7, 11) is 0. The average Bonchev–Trinajstić information content (AvgIpc) is 3.23. The second-order valence-electron chi connectivity index (χ2n) is 13.0. The molecule has 0 saturated carbocycles. The van der Waals surface area contributed by atoms with Crippen molar-refractivity contribution in [2.45, 2.75) is 26.1 Å². The van der Waals surface area contributed by atoms with Gasteiger partial charge in [0.25, 0.3) is 0 Å². The molecule has 60 heavy (non-hydrogen) atoms. The van der Waals surface area contributed by atoms with Crippen molar-refractivity contribution in [2.24, 2.45) is 0 Å². The lowest BCUT2D eigenvalue weighted by Gasteiger charge is -2.23. The third-order valence-corrected chi connectivity index (χ3v) is 8.64. The summed E-state index contributed by atoms with van der Waals surface area (Å²) in [4.78, 5) is 26.0. The van der Waals surface area contributed by atoms with E-state index in [-0.39, 0.29) is 29.2 Å². The van der Waals surface area contributed by atoms with Crippen LogP contribution in [0.2, 0.25) is 0 Å². The molecule has 0 spiro atoms. The molecule has 1 unspecified atom stereocenters. The van der Waals surface area contributed by atoms with E-state index in [2.05, 4.69) is 25.3 Å². The molecule has 1 atom stereocenters. The maximum atomic E-state index is 14.3. The third-order valence-electron chi connectivity index (χ3n) is 8.64. The highest BCUT2D eigenvalue weighted by Gasteiger charge is 2.33. The largest absolute Gasteiger partial charge is 0.506 e. The number of rotatable bonds is 5. The molecule has 0 radical (unpaired) electrons. The number of anilines is 2. The van der Waals surface area contributed by atoms with Gasteiger partial charge in [-0.3, -0.25) is 19.7 Å². The monoisotopic (exact) mass is 822 g/mol. The predicted molar refractivity (Wildman–Crippen MR) is 218 cm³/mol. The molecule has 4 aromatic carbocycles. The lowest BCUT2D eigenvalue weighted by molar-refractivity contribution is -0.140. The molecule has 306 valence electrons. The van der Waals surface area contributed by atoms with Crippen LogP contribution in [0, 0.1) is 31.4 Å². The van der Waals surface area contributed by atoms with Crippen LogP contribution in [0.25, 0.3) is 21.8 Å². The Labute approximate surface area is 339 Å². The molecular weight excluding hydrogens is 787 g/mol. The summed E-state index contributed by atoms with van der Waals surface area (Å²) in [5, 5.41) is 25.4. The molecule has 0 aliphatic rings. The predicted octanol–water partition coefficient (Wildman–Crippen LogP) is 10.7. The zero-order valence-electron chi connectivity index (χ0n) is 31.9. The van der Waals surface area contributed by atoms with E-state index in [1.165, 1.54) is 24.4 Å². The fourth-order valence-electron chi connectivity index (χ4n) is 5.54. The van der Waals surface area contributed by atoms with Crippen molar-refractivity contribution >= 4 is 39.5 Å². The van der Waals surface area contributed by atoms with E-state index in [0.29, 0.717) is 45.5 Å². The molecule has 0 amide bonds. The maximum Gasteiger partial charge on any atom is 0.419 e. The first-order chi connectivity index (χ1) is 28.6. The van der Waals surface area contributed by atoms with Crippen molar-refractivity contribution in [3.8, 4) is 11.5 Å². The van der Waals surface area contributed by atoms with E-state index in [0.717, 1.165) is 28.2 Å². The van der Waals surface area contributed by atoms with E-state index in [1.54, 1.807) is 43.7 Å². The van der Waals surface area contributed by atoms with Crippen LogP contribution in [0.4, 0.5) is 37.7 Å². The Morgan fingerprint density at radius 1 is 0.700 bits per heavy atom. The molecule has 0 fully saturated rings. The van der Waals surface area contributed by atoms with Crippen molar-refractivity contribution < 1.29 is 41.4 Å². The molecule has 0 aliphatic heterocycles. The number of nitrogens with two attached hydrogens (primary N) is 1. The Kier molecular flexibility index (Phi) is 14.3. The zero-order chi connectivity index (χ0) is 43.4. The molecule has 9 nitrogen and oxygen atoms in total. The smallest absolute Gasteiger partial charge is 0.419 e. The number of nitrogens with zero attached hydrogens (tertiary/aromatic N) is 4. The first-order valence-electron chi connectivity index (χ1n) is 17.9. The first-order valence-corrected chi connectivity index (χ1v) is 17.9. The lowest BCUT2D eigenvalue weighted by atomic mass is 9.95. The second kappa shape index (κ2) is 19.7. The Balaban J connectivity index is 0.000000175. The van der Waals surface area contributed by atoms with Crippen molar-refractivity contribution in [1.29, 1.82) is 0 Å². The van der Waals surface area contributed by atoms with Crippen molar-refractivity contribution in [3.63, 3.8) is 0 Å². The number of carbonyl (C=O) groups excluding carboxylic acids is 1. The first kappa shape index (κ1) is 43.6. The minimum atomic E-state index is -4.72. The topological polar surface area (TPSA) is 147 Å². The summed E-state index contributed by atoms with van der Waals surface area (Å²) in [6, 6.07) is 29.7. The molecule has 8 rings (SSSR count). The molecule has 0 aliphatic carbocycles. The van der Waals surface area contributed by atoms with E-state index >= 15 is 0 Å². The number of benzene rings is 4. The van der Waals surface area contributed by atoms with Gasteiger partial charge in [0.1, 0.15) is 40.5 Å². The Bertz CT molecular complexity index is 2670. The maximum absolute atomic E-state index is 14.3. The highest BCUT2D eigenvalue weighted by molar-refractivity contribution is 5.86. The van der Waals surface area contributed by atoms with Gasteiger partial charge in [-0.2, -0.15) is 17.6 Å². The van der Waals surface area contributed by atoms with Crippen LogP contribution in [0.1, 0.15) is 44.3 Å². The van der Waals surface area contributed by atoms with Gasteiger partial charge in [0, 0.05) is 40.0 Å². The quantitative estimate of drug-likeness (QED) is 0.0756. The highest BCUT2D eigenvalue weighted by Crippen LogP contribution is 2.37. The Morgan fingerprint density at radius 3 is 1.98 bits per heavy atom. The Morgan fingerprint density at radius 2 is 1.40 bits per heavy atom. The number of nitrogen functional groups attached to an aromatic ring is 1. The number of aromatic nitrogens is 4. The number of hydrogen-bond acceptors (Lipinski definition) is 9. The van der Waals surface area contributed by atoms with Crippen LogP contribution in [0.5, 0.6) is 11.5 Å². The second-order valence-corrected chi connectivity index (χ2v) is 13.0. The average molecular weight is 823 g/mol. The zero-order valence-corrected chi connectivity index (χ0v) is 31.9. The highest BCUT2D eigenvalue weighted by atomic mass is 19.4. The van der Waals surface area contributed by atoms with E-state index in [9.17, 15) is 41.4 Å². The fourth-order valence-corrected chi connectivity index (χ4v) is 5.54. The normalized spacial score (nSPS) is 11.2. The van der Waals surface area contributed by atoms with Gasteiger partial charge in [0.2, 0.25) is 5.95 Å². The fraction of sp³-hybridized carbons (Fsp3) is 0.0889. The van der Waals surface area contributed by atoms with Crippen molar-refractivity contribution in [1.82, 2.24) is 19.9 Å². The van der Waals surface area contributed by atoms with Crippen molar-refractivity contribution in [2.75, 3.05) is 11.1 Å². The number of fused-ring (bicyclic) bond motifs is 2. The van der Waals surface area contributed by atoms with Crippen LogP contribution < -0.4 is 11.1 Å². The number of aldehydes is 1. The molecule has 4 heterocycles. The van der Waals surface area contributed by atoms with E-state index in [4.69, 9.17) is 5.73 Å². The molecule has 5 N–H and O–H groups in total. The summed E-state index contributed by atoms with van der Waals surface area (Å²) in [6.07, 6.45) is 1.87. The van der Waals surface area contributed by atoms with Crippen LogP contribution in [-0.4, -0.2) is 36.4 Å². The summed E-state index contributed by atoms with van der Waals surface area (Å²) in [6.45, 7) is 3.64. The van der Waals surface area contributed by atoms with Crippen LogP contribution in [-0.2, 0) is 6.18 Å². The molecule has 4 aromatic heterocycles. The SMILES string of the molecule is Cc1ccc(NC(c2ccc(C)c(F)c2)c2ccc3cccnc3c2O)cn1.Nc1ccc(F)nc1.O=Cc1ccc(C(F)(F)F)c(F)c1.Oc1cccc2cccnc12. The standard InChI is InChI=1S/C23H20FN3O.C9H7NO.C8H4F4O.C5H5FN2/c1-14-5-7-17(12-20(14)24)21(27-18-9-6-15(2)26-13-18)19-10-8-16-4-3-11-25-22(16)23(19)28;11-8-5-1-3-7-4-2-6-10-9(7)8;9-7-3-5(4-13)1-2-6(7)8(10,11)12;6-5-2-1-4(7)3-8-5/h3-13,21,27-28H,1-2H3;1-6,11H;1-4H;1-3H,7H2. The molecule has 15 heteroatoms. The third kappa shape index (κ3) is 11.5. The van der Waals surface area contributed by atoms with Gasteiger partial charge in [-0.15, -0.1) is 0 Å².